The van der Waals surface area contributed by atoms with Crippen molar-refractivity contribution in [1.29, 1.82) is 0 Å². The lowest BCUT2D eigenvalue weighted by molar-refractivity contribution is -0.151. The van der Waals surface area contributed by atoms with Gasteiger partial charge in [-0.05, 0) is 12.8 Å². The Bertz CT molecular complexity index is 322. The Kier molecular flexibility index (Phi) is 14.7. The van der Waals surface area contributed by atoms with E-state index in [0.29, 0.717) is 0 Å². The van der Waals surface area contributed by atoms with Gasteiger partial charge in [0.1, 0.15) is 0 Å². The monoisotopic (exact) mass is 326 g/mol. The first-order chi connectivity index (χ1) is 11.1. The van der Waals surface area contributed by atoms with E-state index in [9.17, 15) is 9.59 Å². The van der Waals surface area contributed by atoms with Gasteiger partial charge in [-0.1, -0.05) is 89.7 Å². The van der Waals surface area contributed by atoms with Crippen LogP contribution in [0.5, 0.6) is 0 Å². The molecule has 4 nitrogen and oxygen atoms in total. The summed E-state index contributed by atoms with van der Waals surface area (Å²) in [5.74, 6) is -4.01. The fourth-order valence-corrected chi connectivity index (χ4v) is 2.61. The maximum absolute atomic E-state index is 10.7. The highest BCUT2D eigenvalue weighted by atomic mass is 16.4. The summed E-state index contributed by atoms with van der Waals surface area (Å²) >= 11 is 0. The van der Waals surface area contributed by atoms with Gasteiger partial charge in [-0.3, -0.25) is 9.59 Å². The van der Waals surface area contributed by atoms with Gasteiger partial charge in [-0.2, -0.15) is 0 Å². The average Bonchev–Trinajstić information content (AvgIpc) is 2.50. The predicted octanol–water partition coefficient (Wildman–Crippen LogP) is 5.42. The minimum atomic E-state index is -1.41. The van der Waals surface area contributed by atoms with Crippen molar-refractivity contribution in [3.8, 4) is 0 Å². The molecule has 0 aliphatic rings. The van der Waals surface area contributed by atoms with Gasteiger partial charge in [-0.25, -0.2) is 0 Å². The van der Waals surface area contributed by atoms with Gasteiger partial charge in [0, 0.05) is 0 Å². The van der Waals surface area contributed by atoms with Gasteiger partial charge in [-0.15, -0.1) is 0 Å². The summed E-state index contributed by atoms with van der Waals surface area (Å²) in [6.07, 6.45) is 19.2. The number of rotatable bonds is 16. The quantitative estimate of drug-likeness (QED) is 0.226. The Hall–Kier alpha value is -1.32. The van der Waals surface area contributed by atoms with E-state index in [1.54, 1.807) is 6.08 Å². The fraction of sp³-hybridized carbons (Fsp3) is 0.789. The van der Waals surface area contributed by atoms with Crippen molar-refractivity contribution in [2.75, 3.05) is 0 Å². The van der Waals surface area contributed by atoms with Crippen molar-refractivity contribution in [3.63, 3.8) is 0 Å². The third-order valence-electron chi connectivity index (χ3n) is 4.08. The zero-order valence-electron chi connectivity index (χ0n) is 14.6. The molecule has 23 heavy (non-hydrogen) atoms. The van der Waals surface area contributed by atoms with E-state index in [0.717, 1.165) is 19.3 Å². The van der Waals surface area contributed by atoms with Crippen LogP contribution in [0.25, 0.3) is 0 Å². The van der Waals surface area contributed by atoms with E-state index in [1.165, 1.54) is 70.3 Å². The first-order valence-corrected chi connectivity index (χ1v) is 9.21. The molecule has 0 atom stereocenters. The molecule has 0 aliphatic carbocycles. The minimum Gasteiger partial charge on any atom is -0.480 e. The van der Waals surface area contributed by atoms with E-state index in [4.69, 9.17) is 10.2 Å². The summed E-state index contributed by atoms with van der Waals surface area (Å²) in [5.41, 5.74) is 0. The van der Waals surface area contributed by atoms with Crippen molar-refractivity contribution in [2.24, 2.45) is 5.92 Å². The standard InChI is InChI=1S/C19H34O4/c1-2-3-4-5-6-7-8-9-10-11-12-13-14-15-16-17(18(20)21)19(22)23/h15-17H,2-14H2,1H3,(H,20,21)(H,22,23). The van der Waals surface area contributed by atoms with Crippen LogP contribution in [-0.4, -0.2) is 22.2 Å². The Labute approximate surface area is 141 Å². The maximum atomic E-state index is 10.7. The van der Waals surface area contributed by atoms with Gasteiger partial charge in [0.2, 0.25) is 0 Å². The smallest absolute Gasteiger partial charge is 0.321 e. The number of allylic oxidation sites excluding steroid dienone is 1. The molecule has 0 rings (SSSR count). The predicted molar refractivity (Wildman–Crippen MR) is 93.6 cm³/mol. The molecule has 134 valence electrons. The van der Waals surface area contributed by atoms with E-state index in [2.05, 4.69) is 6.92 Å². The molecule has 2 N–H and O–H groups in total. The SMILES string of the molecule is CCCCCCCCCCCCCCC=CC(C(=O)O)C(=O)O. The van der Waals surface area contributed by atoms with Crippen molar-refractivity contribution in [1.82, 2.24) is 0 Å². The lowest BCUT2D eigenvalue weighted by Crippen LogP contribution is -2.20. The van der Waals surface area contributed by atoms with Crippen LogP contribution in [0.15, 0.2) is 12.2 Å². The van der Waals surface area contributed by atoms with Crippen molar-refractivity contribution >= 4 is 11.9 Å². The molecule has 0 heterocycles. The molecular formula is C19H34O4. The molecule has 0 fully saturated rings. The fourth-order valence-electron chi connectivity index (χ4n) is 2.61. The van der Waals surface area contributed by atoms with E-state index < -0.39 is 17.9 Å². The van der Waals surface area contributed by atoms with Gasteiger partial charge in [0.05, 0.1) is 0 Å². The first kappa shape index (κ1) is 21.7. The zero-order chi connectivity index (χ0) is 17.3. The molecule has 0 saturated carbocycles. The van der Waals surface area contributed by atoms with Gasteiger partial charge in [0.25, 0.3) is 0 Å². The molecule has 0 unspecified atom stereocenters. The van der Waals surface area contributed by atoms with Crippen LogP contribution in [0.3, 0.4) is 0 Å². The van der Waals surface area contributed by atoms with Crippen LogP contribution < -0.4 is 0 Å². The lowest BCUT2D eigenvalue weighted by Gasteiger charge is -2.02. The van der Waals surface area contributed by atoms with E-state index in [-0.39, 0.29) is 0 Å². The number of carboxylic acids is 2. The van der Waals surface area contributed by atoms with Crippen LogP contribution in [-0.2, 0) is 9.59 Å². The highest BCUT2D eigenvalue weighted by molar-refractivity contribution is 5.94. The third-order valence-corrected chi connectivity index (χ3v) is 4.08. The second kappa shape index (κ2) is 15.6. The number of aliphatic carboxylic acids is 2. The van der Waals surface area contributed by atoms with Crippen molar-refractivity contribution in [3.05, 3.63) is 12.2 Å². The molecule has 0 spiro atoms. The molecule has 0 aliphatic heterocycles. The summed E-state index contributed by atoms with van der Waals surface area (Å²) in [6, 6.07) is 0. The third kappa shape index (κ3) is 14.0. The summed E-state index contributed by atoms with van der Waals surface area (Å²) in [7, 11) is 0. The molecule has 0 aromatic rings. The lowest BCUT2D eigenvalue weighted by atomic mass is 10.0. The van der Waals surface area contributed by atoms with Crippen molar-refractivity contribution < 1.29 is 19.8 Å². The maximum Gasteiger partial charge on any atom is 0.321 e. The van der Waals surface area contributed by atoms with Crippen LogP contribution in [0.4, 0.5) is 0 Å². The van der Waals surface area contributed by atoms with Crippen LogP contribution in [0.2, 0.25) is 0 Å². The molecule has 0 amide bonds. The second-order valence-electron chi connectivity index (χ2n) is 6.26. The number of carboxylic acid groups (broad SMARTS) is 2. The zero-order valence-corrected chi connectivity index (χ0v) is 14.6. The minimum absolute atomic E-state index is 0.758. The Morgan fingerprint density at radius 1 is 0.739 bits per heavy atom. The van der Waals surface area contributed by atoms with E-state index >= 15 is 0 Å². The molecule has 0 radical (unpaired) electrons. The summed E-state index contributed by atoms with van der Waals surface area (Å²) in [5, 5.41) is 17.4. The number of hydrogen-bond donors (Lipinski definition) is 2. The number of carbonyl (C=O) groups is 2. The molecule has 0 bridgehead atoms. The van der Waals surface area contributed by atoms with Gasteiger partial charge in [0.15, 0.2) is 5.92 Å². The van der Waals surface area contributed by atoms with Gasteiger partial charge < -0.3 is 10.2 Å². The summed E-state index contributed by atoms with van der Waals surface area (Å²) in [4.78, 5) is 21.3. The molecular weight excluding hydrogens is 292 g/mol. The Morgan fingerprint density at radius 3 is 1.52 bits per heavy atom. The van der Waals surface area contributed by atoms with Crippen LogP contribution in [0, 0.1) is 5.92 Å². The van der Waals surface area contributed by atoms with Gasteiger partial charge >= 0.3 is 11.9 Å². The largest absolute Gasteiger partial charge is 0.480 e. The number of hydrogen-bond acceptors (Lipinski definition) is 2. The van der Waals surface area contributed by atoms with Crippen molar-refractivity contribution in [2.45, 2.75) is 90.4 Å². The second-order valence-corrected chi connectivity index (χ2v) is 6.26. The molecule has 0 aromatic heterocycles. The number of unbranched alkanes of at least 4 members (excludes halogenated alkanes) is 12. The van der Waals surface area contributed by atoms with Crippen LogP contribution in [0.1, 0.15) is 90.4 Å². The first-order valence-electron chi connectivity index (χ1n) is 9.21. The Morgan fingerprint density at radius 2 is 1.13 bits per heavy atom. The molecule has 0 saturated heterocycles. The molecule has 0 aromatic carbocycles. The summed E-state index contributed by atoms with van der Waals surface area (Å²) < 4.78 is 0. The molecule has 4 heteroatoms. The normalized spacial score (nSPS) is 11.4. The summed E-state index contributed by atoms with van der Waals surface area (Å²) in [6.45, 7) is 2.24. The van der Waals surface area contributed by atoms with E-state index in [1.807, 2.05) is 0 Å². The topological polar surface area (TPSA) is 74.6 Å². The Balaban J connectivity index is 3.36. The van der Waals surface area contributed by atoms with Crippen LogP contribution >= 0.6 is 0 Å². The average molecular weight is 326 g/mol. The highest BCUT2D eigenvalue weighted by Gasteiger charge is 2.21. The highest BCUT2D eigenvalue weighted by Crippen LogP contribution is 2.12.